The number of rotatable bonds is 4. The number of anilines is 2. The molecule has 1 fully saturated rings. The van der Waals surface area contributed by atoms with Gasteiger partial charge in [0.1, 0.15) is 17.3 Å². The third-order valence-electron chi connectivity index (χ3n) is 5.44. The van der Waals surface area contributed by atoms with Gasteiger partial charge in [-0.15, -0.1) is 0 Å². The number of nitrogens with one attached hydrogen (secondary N) is 1. The Morgan fingerprint density at radius 2 is 1.69 bits per heavy atom. The largest absolute Gasteiger partial charge is 0.370 e. The summed E-state index contributed by atoms with van der Waals surface area (Å²) in [5.74, 6) is -1.13. The van der Waals surface area contributed by atoms with E-state index in [1.807, 2.05) is 24.5 Å². The standard InChI is InChI=1S/C23H23F2N3O/c1-15-14-19(16(2)28(15)18-10-8-17(24)9-11-18)23(29)26-22-20(25)6-5-7-21(22)27-12-3-4-13-27/h5-11,14H,3-4,12-13H2,1-2H3,(H,26,29). The molecule has 6 heteroatoms. The van der Waals surface area contributed by atoms with Gasteiger partial charge in [0.25, 0.3) is 5.91 Å². The lowest BCUT2D eigenvalue weighted by atomic mass is 10.2. The quantitative estimate of drug-likeness (QED) is 0.657. The summed E-state index contributed by atoms with van der Waals surface area (Å²) in [5.41, 5.74) is 3.71. The molecule has 1 saturated heterocycles. The summed E-state index contributed by atoms with van der Waals surface area (Å²) in [5, 5.41) is 2.79. The zero-order chi connectivity index (χ0) is 20.5. The molecule has 0 radical (unpaired) electrons. The fourth-order valence-electron chi connectivity index (χ4n) is 4.02. The maximum atomic E-state index is 14.6. The van der Waals surface area contributed by atoms with E-state index in [1.165, 1.54) is 18.2 Å². The predicted octanol–water partition coefficient (Wildman–Crippen LogP) is 5.22. The van der Waals surface area contributed by atoms with Crippen LogP contribution in [-0.4, -0.2) is 23.6 Å². The molecular formula is C23H23F2N3O. The van der Waals surface area contributed by atoms with Gasteiger partial charge in [-0.25, -0.2) is 8.78 Å². The van der Waals surface area contributed by atoms with Gasteiger partial charge in [0.2, 0.25) is 0 Å². The smallest absolute Gasteiger partial charge is 0.257 e. The number of amides is 1. The summed E-state index contributed by atoms with van der Waals surface area (Å²) >= 11 is 0. The number of aromatic nitrogens is 1. The molecule has 0 unspecified atom stereocenters. The zero-order valence-corrected chi connectivity index (χ0v) is 16.5. The average molecular weight is 395 g/mol. The van der Waals surface area contributed by atoms with Crippen molar-refractivity contribution in [2.24, 2.45) is 0 Å². The lowest BCUT2D eigenvalue weighted by Gasteiger charge is -2.22. The molecule has 1 amide bonds. The third kappa shape index (κ3) is 3.62. The number of benzene rings is 2. The van der Waals surface area contributed by atoms with E-state index < -0.39 is 5.82 Å². The van der Waals surface area contributed by atoms with Crippen molar-refractivity contribution in [2.45, 2.75) is 26.7 Å². The molecule has 3 aromatic rings. The molecule has 4 nitrogen and oxygen atoms in total. The second-order valence-electron chi connectivity index (χ2n) is 7.38. The molecule has 0 saturated carbocycles. The second kappa shape index (κ2) is 7.70. The summed E-state index contributed by atoms with van der Waals surface area (Å²) in [7, 11) is 0. The molecule has 0 atom stereocenters. The fraction of sp³-hybridized carbons (Fsp3) is 0.261. The van der Waals surface area contributed by atoms with Crippen molar-refractivity contribution >= 4 is 17.3 Å². The molecule has 0 aliphatic carbocycles. The van der Waals surface area contributed by atoms with Crippen LogP contribution < -0.4 is 10.2 Å². The topological polar surface area (TPSA) is 37.3 Å². The Kier molecular flexibility index (Phi) is 5.09. The second-order valence-corrected chi connectivity index (χ2v) is 7.38. The van der Waals surface area contributed by atoms with E-state index in [1.54, 1.807) is 24.3 Å². The first-order valence-corrected chi connectivity index (χ1v) is 9.75. The van der Waals surface area contributed by atoms with Crippen LogP contribution in [-0.2, 0) is 0 Å². The van der Waals surface area contributed by atoms with E-state index in [-0.39, 0.29) is 17.4 Å². The molecule has 0 bridgehead atoms. The molecule has 4 rings (SSSR count). The van der Waals surface area contributed by atoms with Crippen molar-refractivity contribution in [2.75, 3.05) is 23.3 Å². The molecule has 2 heterocycles. The van der Waals surface area contributed by atoms with E-state index in [0.29, 0.717) is 16.9 Å². The summed E-state index contributed by atoms with van der Waals surface area (Å²) in [4.78, 5) is 15.1. The van der Waals surface area contributed by atoms with Crippen molar-refractivity contribution in [3.05, 3.63) is 77.1 Å². The van der Waals surface area contributed by atoms with Gasteiger partial charge in [0, 0.05) is 30.2 Å². The Balaban J connectivity index is 1.67. The molecule has 29 heavy (non-hydrogen) atoms. The van der Waals surface area contributed by atoms with Crippen LogP contribution in [0.5, 0.6) is 0 Å². The first-order chi connectivity index (χ1) is 14.0. The highest BCUT2D eigenvalue weighted by molar-refractivity contribution is 6.07. The average Bonchev–Trinajstić information content (AvgIpc) is 3.33. The van der Waals surface area contributed by atoms with Crippen molar-refractivity contribution in [1.29, 1.82) is 0 Å². The van der Waals surface area contributed by atoms with Crippen LogP contribution >= 0.6 is 0 Å². The minimum absolute atomic E-state index is 0.214. The normalized spacial score (nSPS) is 13.7. The van der Waals surface area contributed by atoms with Gasteiger partial charge in [0.15, 0.2) is 0 Å². The lowest BCUT2D eigenvalue weighted by molar-refractivity contribution is 0.102. The molecule has 1 N–H and O–H groups in total. The maximum Gasteiger partial charge on any atom is 0.257 e. The summed E-state index contributed by atoms with van der Waals surface area (Å²) < 4.78 is 29.7. The summed E-state index contributed by atoms with van der Waals surface area (Å²) in [6.07, 6.45) is 2.12. The number of carbonyl (C=O) groups is 1. The minimum atomic E-state index is -0.449. The Hall–Kier alpha value is -3.15. The number of carbonyl (C=O) groups excluding carboxylic acids is 1. The number of hydrogen-bond donors (Lipinski definition) is 1. The van der Waals surface area contributed by atoms with Gasteiger partial charge in [-0.2, -0.15) is 0 Å². The van der Waals surface area contributed by atoms with E-state index in [0.717, 1.165) is 37.3 Å². The van der Waals surface area contributed by atoms with Crippen LogP contribution in [0.15, 0.2) is 48.5 Å². The molecule has 1 aliphatic heterocycles. The van der Waals surface area contributed by atoms with Crippen LogP contribution in [0.4, 0.5) is 20.2 Å². The van der Waals surface area contributed by atoms with E-state index >= 15 is 0 Å². The first-order valence-electron chi connectivity index (χ1n) is 9.75. The van der Waals surface area contributed by atoms with E-state index in [9.17, 15) is 13.6 Å². The summed E-state index contributed by atoms with van der Waals surface area (Å²) in [6.45, 7) is 5.41. The van der Waals surface area contributed by atoms with E-state index in [2.05, 4.69) is 10.2 Å². The number of aryl methyl sites for hydroxylation is 1. The highest BCUT2D eigenvalue weighted by Gasteiger charge is 2.22. The monoisotopic (exact) mass is 395 g/mol. The van der Waals surface area contributed by atoms with Crippen LogP contribution in [0.1, 0.15) is 34.6 Å². The Bertz CT molecular complexity index is 1050. The van der Waals surface area contributed by atoms with Crippen LogP contribution in [0.2, 0.25) is 0 Å². The number of halogens is 2. The highest BCUT2D eigenvalue weighted by atomic mass is 19.1. The van der Waals surface area contributed by atoms with Gasteiger partial charge >= 0.3 is 0 Å². The summed E-state index contributed by atoms with van der Waals surface area (Å²) in [6, 6.07) is 12.7. The molecule has 0 spiro atoms. The molecule has 1 aromatic heterocycles. The highest BCUT2D eigenvalue weighted by Crippen LogP contribution is 2.32. The van der Waals surface area contributed by atoms with Crippen molar-refractivity contribution in [3.63, 3.8) is 0 Å². The molecule has 2 aromatic carbocycles. The Morgan fingerprint density at radius 3 is 2.38 bits per heavy atom. The van der Waals surface area contributed by atoms with Crippen LogP contribution in [0.3, 0.4) is 0 Å². The Labute approximate surface area is 168 Å². The van der Waals surface area contributed by atoms with Gasteiger partial charge in [-0.3, -0.25) is 4.79 Å². The van der Waals surface area contributed by atoms with Crippen LogP contribution in [0.25, 0.3) is 5.69 Å². The molecule has 150 valence electrons. The van der Waals surface area contributed by atoms with Gasteiger partial charge < -0.3 is 14.8 Å². The third-order valence-corrected chi connectivity index (χ3v) is 5.44. The predicted molar refractivity (Wildman–Crippen MR) is 111 cm³/mol. The zero-order valence-electron chi connectivity index (χ0n) is 16.5. The maximum absolute atomic E-state index is 14.6. The van der Waals surface area contributed by atoms with Gasteiger partial charge in [-0.05, 0) is 69.2 Å². The first kappa shape index (κ1) is 19.2. The fourth-order valence-corrected chi connectivity index (χ4v) is 4.02. The lowest BCUT2D eigenvalue weighted by Crippen LogP contribution is -2.22. The van der Waals surface area contributed by atoms with E-state index in [4.69, 9.17) is 0 Å². The van der Waals surface area contributed by atoms with Crippen molar-refractivity contribution < 1.29 is 13.6 Å². The van der Waals surface area contributed by atoms with Crippen molar-refractivity contribution in [1.82, 2.24) is 4.57 Å². The van der Waals surface area contributed by atoms with Gasteiger partial charge in [-0.1, -0.05) is 6.07 Å². The number of hydrogen-bond acceptors (Lipinski definition) is 2. The van der Waals surface area contributed by atoms with Crippen LogP contribution in [0, 0.1) is 25.5 Å². The molecule has 1 aliphatic rings. The minimum Gasteiger partial charge on any atom is -0.370 e. The molecular weight excluding hydrogens is 372 g/mol. The SMILES string of the molecule is Cc1cc(C(=O)Nc2c(F)cccc2N2CCCC2)c(C)n1-c1ccc(F)cc1. The number of nitrogens with zero attached hydrogens (tertiary/aromatic N) is 2. The number of para-hydroxylation sites is 1. The van der Waals surface area contributed by atoms with Crippen molar-refractivity contribution in [3.8, 4) is 5.69 Å². The van der Waals surface area contributed by atoms with Gasteiger partial charge in [0.05, 0.1) is 11.3 Å². The Morgan fingerprint density at radius 1 is 1.00 bits per heavy atom.